The molecule has 0 fully saturated rings. The van der Waals surface area contributed by atoms with Crippen molar-refractivity contribution in [1.82, 2.24) is 4.98 Å². The fourth-order valence-corrected chi connectivity index (χ4v) is 1.73. The van der Waals surface area contributed by atoms with Crippen LogP contribution < -0.4 is 5.32 Å². The molecule has 1 atom stereocenters. The normalized spacial score (nSPS) is 11.7. The van der Waals surface area contributed by atoms with E-state index in [0.29, 0.717) is 0 Å². The Morgan fingerprint density at radius 3 is 2.32 bits per heavy atom. The van der Waals surface area contributed by atoms with Crippen LogP contribution in [-0.2, 0) is 0 Å². The molecule has 0 amide bonds. The zero-order valence-corrected chi connectivity index (χ0v) is 10.2. The van der Waals surface area contributed by atoms with E-state index in [9.17, 15) is 8.78 Å². The molecular weight excluding hydrogens is 248 g/mol. The smallest absolute Gasteiger partial charge is 0.150 e. The van der Waals surface area contributed by atoms with E-state index in [4.69, 9.17) is 5.26 Å². The van der Waals surface area contributed by atoms with Gasteiger partial charge in [0.2, 0.25) is 0 Å². The van der Waals surface area contributed by atoms with Gasteiger partial charge in [-0.1, -0.05) is 0 Å². The molecule has 2 rings (SSSR count). The fraction of sp³-hybridized carbons (Fsp3) is 0.143. The van der Waals surface area contributed by atoms with Crippen LogP contribution in [0.25, 0.3) is 0 Å². The largest absolute Gasteiger partial charge is 0.374 e. The van der Waals surface area contributed by atoms with Gasteiger partial charge in [0, 0.05) is 18.4 Å². The number of benzene rings is 1. The number of rotatable bonds is 3. The standard InChI is InChI=1S/C14H11F2N3/c1-9(11-2-4-18-5-3-11)19-14-12(15)6-10(8-17)7-13(14)16/h2-7,9,19H,1H3. The Kier molecular flexibility index (Phi) is 3.71. The second kappa shape index (κ2) is 5.44. The molecule has 5 heteroatoms. The molecule has 1 N–H and O–H groups in total. The molecule has 0 saturated carbocycles. The first-order chi connectivity index (χ1) is 9.11. The first-order valence-electron chi connectivity index (χ1n) is 5.67. The number of hydrogen-bond donors (Lipinski definition) is 1. The van der Waals surface area contributed by atoms with Crippen molar-refractivity contribution < 1.29 is 8.78 Å². The molecule has 1 aromatic heterocycles. The maximum atomic E-state index is 13.7. The Bertz CT molecular complexity index is 597. The SMILES string of the molecule is CC(Nc1c(F)cc(C#N)cc1F)c1ccncc1. The second-order valence-electron chi connectivity index (χ2n) is 4.07. The number of pyridine rings is 1. The quantitative estimate of drug-likeness (QED) is 0.918. The van der Waals surface area contributed by atoms with E-state index in [1.54, 1.807) is 37.5 Å². The van der Waals surface area contributed by atoms with Crippen LogP contribution in [0.1, 0.15) is 24.1 Å². The van der Waals surface area contributed by atoms with E-state index in [-0.39, 0.29) is 17.3 Å². The second-order valence-corrected chi connectivity index (χ2v) is 4.07. The first kappa shape index (κ1) is 13.0. The highest BCUT2D eigenvalue weighted by atomic mass is 19.1. The summed E-state index contributed by atoms with van der Waals surface area (Å²) in [4.78, 5) is 3.88. The van der Waals surface area contributed by atoms with Gasteiger partial charge in [0.25, 0.3) is 0 Å². The Hall–Kier alpha value is -2.48. The van der Waals surface area contributed by atoms with Crippen molar-refractivity contribution >= 4 is 5.69 Å². The molecular formula is C14H11F2N3. The lowest BCUT2D eigenvalue weighted by atomic mass is 10.1. The van der Waals surface area contributed by atoms with Crippen molar-refractivity contribution in [1.29, 1.82) is 5.26 Å². The van der Waals surface area contributed by atoms with Gasteiger partial charge in [0.05, 0.1) is 11.6 Å². The van der Waals surface area contributed by atoms with E-state index in [1.165, 1.54) is 0 Å². The number of halogens is 2. The Morgan fingerprint density at radius 2 is 1.79 bits per heavy atom. The summed E-state index contributed by atoms with van der Waals surface area (Å²) in [5.74, 6) is -1.56. The van der Waals surface area contributed by atoms with Crippen LogP contribution in [-0.4, -0.2) is 4.98 Å². The van der Waals surface area contributed by atoms with Crippen LogP contribution in [0.15, 0.2) is 36.7 Å². The van der Waals surface area contributed by atoms with Crippen LogP contribution in [0.2, 0.25) is 0 Å². The average Bonchev–Trinajstić information content (AvgIpc) is 2.43. The van der Waals surface area contributed by atoms with E-state index >= 15 is 0 Å². The summed E-state index contributed by atoms with van der Waals surface area (Å²) in [5.41, 5.74) is 0.582. The summed E-state index contributed by atoms with van der Waals surface area (Å²) in [6.45, 7) is 1.78. The number of nitrogens with one attached hydrogen (secondary N) is 1. The average molecular weight is 259 g/mol. The molecule has 19 heavy (non-hydrogen) atoms. The van der Waals surface area contributed by atoms with Crippen LogP contribution in [0.4, 0.5) is 14.5 Å². The van der Waals surface area contributed by atoms with Gasteiger partial charge >= 0.3 is 0 Å². The van der Waals surface area contributed by atoms with E-state index < -0.39 is 11.6 Å². The Morgan fingerprint density at radius 1 is 1.21 bits per heavy atom. The Labute approximate surface area is 109 Å². The molecule has 1 aromatic carbocycles. The third-order valence-corrected chi connectivity index (χ3v) is 2.74. The highest BCUT2D eigenvalue weighted by Crippen LogP contribution is 2.25. The van der Waals surface area contributed by atoms with Crippen molar-refractivity contribution in [2.45, 2.75) is 13.0 Å². The summed E-state index contributed by atoms with van der Waals surface area (Å²) in [7, 11) is 0. The number of aromatic nitrogens is 1. The predicted octanol–water partition coefficient (Wildman–Crippen LogP) is 3.40. The highest BCUT2D eigenvalue weighted by molar-refractivity contribution is 5.51. The summed E-state index contributed by atoms with van der Waals surface area (Å²) < 4.78 is 27.4. The zero-order valence-electron chi connectivity index (χ0n) is 10.2. The lowest BCUT2D eigenvalue weighted by Crippen LogP contribution is -2.10. The minimum absolute atomic E-state index is 0.0443. The van der Waals surface area contributed by atoms with Crippen LogP contribution in [0.3, 0.4) is 0 Å². The molecule has 2 aromatic rings. The lowest BCUT2D eigenvalue weighted by molar-refractivity contribution is 0.584. The van der Waals surface area contributed by atoms with Crippen molar-refractivity contribution in [3.8, 4) is 6.07 Å². The molecule has 0 spiro atoms. The summed E-state index contributed by atoms with van der Waals surface area (Å²) in [6, 6.07) is 6.96. The topological polar surface area (TPSA) is 48.7 Å². The monoisotopic (exact) mass is 259 g/mol. The van der Waals surface area contributed by atoms with Gasteiger partial charge in [-0.3, -0.25) is 4.98 Å². The molecule has 1 unspecified atom stereocenters. The highest BCUT2D eigenvalue weighted by Gasteiger charge is 2.14. The maximum Gasteiger partial charge on any atom is 0.150 e. The number of hydrogen-bond acceptors (Lipinski definition) is 3. The van der Waals surface area contributed by atoms with Crippen molar-refractivity contribution in [3.05, 3.63) is 59.4 Å². The molecule has 0 saturated heterocycles. The first-order valence-corrected chi connectivity index (χ1v) is 5.67. The number of anilines is 1. The number of nitriles is 1. The third kappa shape index (κ3) is 2.86. The maximum absolute atomic E-state index is 13.7. The van der Waals surface area contributed by atoms with Gasteiger partial charge in [0.1, 0.15) is 5.69 Å². The molecule has 0 bridgehead atoms. The molecule has 0 aliphatic heterocycles. The summed E-state index contributed by atoms with van der Waals surface area (Å²) >= 11 is 0. The van der Waals surface area contributed by atoms with Crippen molar-refractivity contribution in [2.24, 2.45) is 0 Å². The molecule has 3 nitrogen and oxygen atoms in total. The minimum Gasteiger partial charge on any atom is -0.374 e. The fourth-order valence-electron chi connectivity index (χ4n) is 1.73. The summed E-state index contributed by atoms with van der Waals surface area (Å²) in [5, 5.41) is 11.4. The third-order valence-electron chi connectivity index (χ3n) is 2.74. The van der Waals surface area contributed by atoms with Crippen molar-refractivity contribution in [3.63, 3.8) is 0 Å². The van der Waals surface area contributed by atoms with Crippen LogP contribution in [0.5, 0.6) is 0 Å². The van der Waals surface area contributed by atoms with Gasteiger partial charge in [-0.05, 0) is 36.8 Å². The van der Waals surface area contributed by atoms with E-state index in [2.05, 4.69) is 10.3 Å². The van der Waals surface area contributed by atoms with E-state index in [0.717, 1.165) is 17.7 Å². The molecule has 0 aliphatic carbocycles. The lowest BCUT2D eigenvalue weighted by Gasteiger charge is -2.16. The van der Waals surface area contributed by atoms with Gasteiger partial charge in [0.15, 0.2) is 11.6 Å². The molecule has 0 radical (unpaired) electrons. The van der Waals surface area contributed by atoms with Gasteiger partial charge in [-0.15, -0.1) is 0 Å². The van der Waals surface area contributed by atoms with Gasteiger partial charge in [-0.25, -0.2) is 8.78 Å². The van der Waals surface area contributed by atoms with Gasteiger partial charge < -0.3 is 5.32 Å². The summed E-state index contributed by atoms with van der Waals surface area (Å²) in [6.07, 6.45) is 3.22. The van der Waals surface area contributed by atoms with E-state index in [1.807, 2.05) is 0 Å². The molecule has 1 heterocycles. The van der Waals surface area contributed by atoms with Crippen LogP contribution >= 0.6 is 0 Å². The Balaban J connectivity index is 2.27. The number of nitrogens with zero attached hydrogens (tertiary/aromatic N) is 2. The van der Waals surface area contributed by atoms with Crippen LogP contribution in [0, 0.1) is 23.0 Å². The molecule has 96 valence electrons. The minimum atomic E-state index is -0.780. The predicted molar refractivity (Wildman–Crippen MR) is 67.3 cm³/mol. The van der Waals surface area contributed by atoms with Gasteiger partial charge in [-0.2, -0.15) is 5.26 Å². The van der Waals surface area contributed by atoms with Crippen molar-refractivity contribution in [2.75, 3.05) is 5.32 Å². The zero-order chi connectivity index (χ0) is 13.8. The molecule has 0 aliphatic rings.